The van der Waals surface area contributed by atoms with E-state index < -0.39 is 17.0 Å². The maximum atomic E-state index is 13.7. The minimum absolute atomic E-state index is 0.0253. The van der Waals surface area contributed by atoms with Gasteiger partial charge in [0.2, 0.25) is 0 Å². The smallest absolute Gasteiger partial charge is 0.328 e. The molecule has 0 saturated heterocycles. The number of pyridine rings is 1. The lowest BCUT2D eigenvalue weighted by molar-refractivity contribution is 0.0944. The van der Waals surface area contributed by atoms with Crippen molar-refractivity contribution in [1.82, 2.24) is 29.7 Å². The number of carbonyl (C=O) groups is 1. The Bertz CT molecular complexity index is 1200. The van der Waals surface area contributed by atoms with E-state index in [2.05, 4.69) is 25.3 Å². The van der Waals surface area contributed by atoms with Crippen molar-refractivity contribution in [3.8, 4) is 11.4 Å². The second-order valence-corrected chi connectivity index (χ2v) is 7.86. The lowest BCUT2D eigenvalue weighted by Crippen LogP contribution is -2.29. The second-order valence-electron chi connectivity index (χ2n) is 6.58. The number of nitrogens with one attached hydrogen (secondary N) is 2. The first-order valence-electron chi connectivity index (χ1n) is 8.51. The third kappa shape index (κ3) is 3.10. The van der Waals surface area contributed by atoms with E-state index in [-0.39, 0.29) is 17.1 Å². The summed E-state index contributed by atoms with van der Waals surface area (Å²) >= 11 is -1.44. The largest absolute Gasteiger partial charge is 0.609 e. The summed E-state index contributed by atoms with van der Waals surface area (Å²) in [6.45, 7) is 3.74. The van der Waals surface area contributed by atoms with Crippen LogP contribution in [0.2, 0.25) is 0 Å². The Morgan fingerprint density at radius 1 is 1.36 bits per heavy atom. The summed E-state index contributed by atoms with van der Waals surface area (Å²) in [4.78, 5) is 28.6. The fourth-order valence-electron chi connectivity index (χ4n) is 2.94. The van der Waals surface area contributed by atoms with Crippen LogP contribution in [0.25, 0.3) is 28.1 Å². The van der Waals surface area contributed by atoms with Gasteiger partial charge in [0.1, 0.15) is 29.0 Å². The van der Waals surface area contributed by atoms with Crippen molar-refractivity contribution in [1.29, 1.82) is 0 Å². The first-order chi connectivity index (χ1) is 13.3. The van der Waals surface area contributed by atoms with Gasteiger partial charge in [-0.2, -0.15) is 4.98 Å². The fraction of sp³-hybridized carbons (Fsp3) is 0.222. The van der Waals surface area contributed by atoms with Crippen LogP contribution in [-0.4, -0.2) is 47.1 Å². The van der Waals surface area contributed by atoms with Crippen LogP contribution in [0.5, 0.6) is 0 Å². The molecule has 4 rings (SSSR count). The van der Waals surface area contributed by atoms with Gasteiger partial charge in [0.25, 0.3) is 5.91 Å². The van der Waals surface area contributed by atoms with E-state index >= 15 is 0 Å². The number of hydrogen-bond acceptors (Lipinski definition) is 5. The van der Waals surface area contributed by atoms with Gasteiger partial charge in [0.05, 0.1) is 23.5 Å². The minimum Gasteiger partial charge on any atom is -0.609 e. The third-order valence-corrected chi connectivity index (χ3v) is 4.92. The molecule has 2 N–H and O–H groups in total. The molecular weight excluding hydrogens is 383 g/mol. The predicted molar refractivity (Wildman–Crippen MR) is 103 cm³/mol. The van der Waals surface area contributed by atoms with Gasteiger partial charge in [-0.05, 0) is 26.0 Å². The molecule has 1 unspecified atom stereocenters. The Morgan fingerprint density at radius 2 is 2.14 bits per heavy atom. The van der Waals surface area contributed by atoms with Crippen molar-refractivity contribution in [2.75, 3.05) is 6.26 Å². The lowest BCUT2D eigenvalue weighted by Gasteiger charge is -2.06. The topological polar surface area (TPSA) is 111 Å². The number of halogens is 1. The van der Waals surface area contributed by atoms with Crippen LogP contribution >= 0.6 is 0 Å². The van der Waals surface area contributed by atoms with Crippen LogP contribution in [0.15, 0.2) is 35.9 Å². The molecule has 0 aliphatic carbocycles. The lowest BCUT2D eigenvalue weighted by atomic mass is 10.2. The summed E-state index contributed by atoms with van der Waals surface area (Å²) in [7, 11) is 0. The number of hydrogen-bond donors (Lipinski definition) is 2. The van der Waals surface area contributed by atoms with Crippen molar-refractivity contribution in [2.45, 2.75) is 25.0 Å². The molecule has 144 valence electrons. The molecule has 0 aliphatic heterocycles. The molecule has 0 radical (unpaired) electrons. The van der Waals surface area contributed by atoms with Crippen LogP contribution in [0.3, 0.4) is 0 Å². The molecule has 4 aromatic heterocycles. The van der Waals surface area contributed by atoms with E-state index in [4.69, 9.17) is 0 Å². The normalized spacial score (nSPS) is 12.8. The quantitative estimate of drug-likeness (QED) is 0.511. The number of H-pyrrole nitrogens is 1. The maximum absolute atomic E-state index is 13.7. The van der Waals surface area contributed by atoms with Crippen molar-refractivity contribution >= 4 is 33.8 Å². The van der Waals surface area contributed by atoms with Crippen molar-refractivity contribution in [3.05, 3.63) is 42.1 Å². The van der Waals surface area contributed by atoms with E-state index in [0.717, 1.165) is 0 Å². The number of amides is 1. The highest BCUT2D eigenvalue weighted by molar-refractivity contribution is 7.90. The number of aromatic nitrogens is 5. The zero-order chi connectivity index (χ0) is 20.0. The number of nitrogens with zero attached hydrogens (tertiary/aromatic N) is 4. The Balaban J connectivity index is 1.89. The monoisotopic (exact) mass is 400 g/mol. The summed E-state index contributed by atoms with van der Waals surface area (Å²) < 4.78 is 27.2. The van der Waals surface area contributed by atoms with Crippen molar-refractivity contribution in [2.24, 2.45) is 0 Å². The van der Waals surface area contributed by atoms with Crippen molar-refractivity contribution in [3.63, 3.8) is 0 Å². The van der Waals surface area contributed by atoms with Gasteiger partial charge in [0, 0.05) is 23.4 Å². The molecule has 0 fully saturated rings. The van der Waals surface area contributed by atoms with Gasteiger partial charge in [-0.1, -0.05) is 0 Å². The molecule has 0 saturated carbocycles. The Hall–Kier alpha value is -2.98. The SMILES string of the molecule is CC(C)NC(=O)c1c[nH]c2ncc(-c3nc([S+](C)[O-])n4cc(F)ccc34)nc12. The first kappa shape index (κ1) is 18.4. The minimum atomic E-state index is -1.44. The number of imidazole rings is 1. The summed E-state index contributed by atoms with van der Waals surface area (Å²) in [6, 6.07) is 2.82. The zero-order valence-electron chi connectivity index (χ0n) is 15.4. The van der Waals surface area contributed by atoms with Gasteiger partial charge in [-0.15, -0.1) is 0 Å². The number of aromatic amines is 1. The summed E-state index contributed by atoms with van der Waals surface area (Å²) in [5.41, 5.74) is 2.59. The molecule has 10 heteroatoms. The Labute approximate surface area is 162 Å². The molecule has 1 atom stereocenters. The van der Waals surface area contributed by atoms with Crippen molar-refractivity contribution < 1.29 is 13.7 Å². The van der Waals surface area contributed by atoms with Crippen LogP contribution in [0, 0.1) is 5.82 Å². The standard InChI is InChI=1S/C18H17FN6O2S/c1-9(2)22-17(26)11-6-20-16-14(11)23-12(7-21-16)15-13-5-4-10(19)8-25(13)18(24-15)28(3)27/h4-9H,1-3H3,(H,20,21)(H,22,26). The Morgan fingerprint density at radius 3 is 2.86 bits per heavy atom. The van der Waals surface area contributed by atoms with E-state index in [1.54, 1.807) is 12.3 Å². The molecule has 1 amide bonds. The summed E-state index contributed by atoms with van der Waals surface area (Å²) in [6.07, 6.45) is 5.77. The molecule has 4 heterocycles. The van der Waals surface area contributed by atoms with Gasteiger partial charge in [-0.25, -0.2) is 14.4 Å². The summed E-state index contributed by atoms with van der Waals surface area (Å²) in [5, 5.41) is 3.03. The highest BCUT2D eigenvalue weighted by Gasteiger charge is 2.22. The number of rotatable bonds is 4. The molecule has 4 aromatic rings. The zero-order valence-corrected chi connectivity index (χ0v) is 16.2. The van der Waals surface area contributed by atoms with Gasteiger partial charge in [0.15, 0.2) is 5.65 Å². The van der Waals surface area contributed by atoms with Crippen LogP contribution in [0.4, 0.5) is 4.39 Å². The van der Waals surface area contributed by atoms with Gasteiger partial charge >= 0.3 is 5.16 Å². The summed E-state index contributed by atoms with van der Waals surface area (Å²) in [5.74, 6) is -0.734. The molecule has 0 spiro atoms. The molecular formula is C18H17FN6O2S. The molecule has 0 aliphatic rings. The molecule has 8 nitrogen and oxygen atoms in total. The average Bonchev–Trinajstić information content (AvgIpc) is 3.21. The Kier molecular flexibility index (Phi) is 4.52. The number of carbonyl (C=O) groups excluding carboxylic acids is 1. The van der Waals surface area contributed by atoms with E-state index in [0.29, 0.717) is 33.6 Å². The van der Waals surface area contributed by atoms with Crippen LogP contribution < -0.4 is 5.32 Å². The van der Waals surface area contributed by atoms with Crippen LogP contribution in [0.1, 0.15) is 24.2 Å². The first-order valence-corrected chi connectivity index (χ1v) is 10.1. The van der Waals surface area contributed by atoms with Crippen LogP contribution in [-0.2, 0) is 11.2 Å². The maximum Gasteiger partial charge on any atom is 0.328 e. The third-order valence-electron chi connectivity index (χ3n) is 4.11. The molecule has 0 bridgehead atoms. The number of fused-ring (bicyclic) bond motifs is 2. The second kappa shape index (κ2) is 6.88. The fourth-order valence-corrected chi connectivity index (χ4v) is 3.59. The highest BCUT2D eigenvalue weighted by Crippen LogP contribution is 2.27. The molecule has 0 aromatic carbocycles. The predicted octanol–water partition coefficient (Wildman–Crippen LogP) is 2.29. The van der Waals surface area contributed by atoms with Gasteiger partial charge in [-0.3, -0.25) is 9.20 Å². The van der Waals surface area contributed by atoms with E-state index in [1.807, 2.05) is 13.8 Å². The van der Waals surface area contributed by atoms with E-state index in [1.165, 1.54) is 29.1 Å². The average molecular weight is 400 g/mol. The van der Waals surface area contributed by atoms with Gasteiger partial charge < -0.3 is 14.9 Å². The van der Waals surface area contributed by atoms with E-state index in [9.17, 15) is 13.7 Å². The molecule has 28 heavy (non-hydrogen) atoms. The highest BCUT2D eigenvalue weighted by atomic mass is 32.2.